The molecule has 2 aromatic heterocycles. The monoisotopic (exact) mass is 537 g/mol. The smallest absolute Gasteiger partial charge is 0.161 e. The van der Waals surface area contributed by atoms with Gasteiger partial charge < -0.3 is 24.2 Å². The summed E-state index contributed by atoms with van der Waals surface area (Å²) < 4.78 is 11.0. The summed E-state index contributed by atoms with van der Waals surface area (Å²) in [7, 11) is 5.45. The number of rotatable bonds is 7. The molecule has 2 aromatic carbocycles. The molecule has 0 amide bonds. The lowest BCUT2D eigenvalue weighted by Gasteiger charge is -2.33. The highest BCUT2D eigenvalue weighted by Gasteiger charge is 2.19. The Morgan fingerprint density at radius 1 is 0.700 bits per heavy atom. The Morgan fingerprint density at radius 2 is 1.43 bits per heavy atom. The molecule has 40 heavy (non-hydrogen) atoms. The van der Waals surface area contributed by atoms with Crippen LogP contribution in [0, 0.1) is 0 Å². The highest BCUT2D eigenvalue weighted by Crippen LogP contribution is 2.33. The number of nitrogens with zero attached hydrogens (tertiary/aromatic N) is 7. The van der Waals surface area contributed by atoms with Gasteiger partial charge in [0.05, 0.1) is 25.4 Å². The van der Waals surface area contributed by atoms with Gasteiger partial charge in [0, 0.05) is 56.3 Å². The SMILES string of the molecule is COc1ccc(-c2cc(N3CCCC3)nc(/C=C/c3nc(N4CCN(C)CC4)c4ccccc4n3)n2)cc1OC. The molecule has 2 fully saturated rings. The summed E-state index contributed by atoms with van der Waals surface area (Å²) in [5, 5.41) is 1.08. The Labute approximate surface area is 235 Å². The van der Waals surface area contributed by atoms with E-state index >= 15 is 0 Å². The number of anilines is 2. The third-order valence-corrected chi connectivity index (χ3v) is 7.62. The molecule has 2 aliphatic rings. The molecule has 4 heterocycles. The molecule has 0 spiro atoms. The second kappa shape index (κ2) is 11.5. The zero-order valence-corrected chi connectivity index (χ0v) is 23.4. The fourth-order valence-corrected chi connectivity index (χ4v) is 5.34. The number of para-hydroxylation sites is 1. The van der Waals surface area contributed by atoms with Crippen LogP contribution in [0.25, 0.3) is 34.3 Å². The number of likely N-dealkylation sites (N-methyl/N-ethyl adjacent to an activating group) is 1. The first-order valence-corrected chi connectivity index (χ1v) is 13.9. The summed E-state index contributed by atoms with van der Waals surface area (Å²) in [6.45, 7) is 5.90. The van der Waals surface area contributed by atoms with E-state index in [1.165, 1.54) is 12.8 Å². The number of benzene rings is 2. The number of aromatic nitrogens is 4. The Hall–Kier alpha value is -4.24. The first-order chi connectivity index (χ1) is 19.6. The van der Waals surface area contributed by atoms with Crippen molar-refractivity contribution in [1.29, 1.82) is 0 Å². The van der Waals surface area contributed by atoms with Gasteiger partial charge >= 0.3 is 0 Å². The number of ether oxygens (including phenoxy) is 2. The van der Waals surface area contributed by atoms with Crippen molar-refractivity contribution in [3.05, 3.63) is 60.2 Å². The van der Waals surface area contributed by atoms with Crippen molar-refractivity contribution >= 4 is 34.7 Å². The summed E-state index contributed by atoms with van der Waals surface area (Å²) in [5.41, 5.74) is 2.70. The first kappa shape index (κ1) is 26.0. The van der Waals surface area contributed by atoms with Gasteiger partial charge in [0.15, 0.2) is 23.1 Å². The van der Waals surface area contributed by atoms with Crippen molar-refractivity contribution < 1.29 is 9.47 Å². The molecule has 0 saturated carbocycles. The number of fused-ring (bicyclic) bond motifs is 1. The maximum absolute atomic E-state index is 5.55. The Morgan fingerprint density at radius 3 is 2.17 bits per heavy atom. The van der Waals surface area contributed by atoms with Crippen LogP contribution in [0.1, 0.15) is 24.5 Å². The lowest BCUT2D eigenvalue weighted by atomic mass is 10.1. The molecule has 4 aromatic rings. The lowest BCUT2D eigenvalue weighted by molar-refractivity contribution is 0.312. The van der Waals surface area contributed by atoms with E-state index in [2.05, 4.69) is 33.9 Å². The van der Waals surface area contributed by atoms with Crippen molar-refractivity contribution in [3.63, 3.8) is 0 Å². The minimum atomic E-state index is 0.618. The maximum atomic E-state index is 5.55. The zero-order valence-electron chi connectivity index (χ0n) is 23.4. The number of hydrogen-bond acceptors (Lipinski definition) is 9. The molecule has 0 aliphatic carbocycles. The Kier molecular flexibility index (Phi) is 7.46. The number of methoxy groups -OCH3 is 2. The van der Waals surface area contributed by atoms with Crippen LogP contribution in [-0.2, 0) is 0 Å². The Bertz CT molecular complexity index is 1530. The van der Waals surface area contributed by atoms with Gasteiger partial charge in [0.25, 0.3) is 0 Å². The van der Waals surface area contributed by atoms with Crippen LogP contribution < -0.4 is 19.3 Å². The highest BCUT2D eigenvalue weighted by atomic mass is 16.5. The largest absolute Gasteiger partial charge is 0.493 e. The summed E-state index contributed by atoms with van der Waals surface area (Å²) in [6.07, 6.45) is 6.18. The quantitative estimate of drug-likeness (QED) is 0.335. The van der Waals surface area contributed by atoms with Crippen LogP contribution in [-0.4, -0.2) is 85.4 Å². The first-order valence-electron chi connectivity index (χ1n) is 13.9. The highest BCUT2D eigenvalue weighted by molar-refractivity contribution is 5.90. The molecule has 0 atom stereocenters. The molecule has 0 unspecified atom stereocenters. The third kappa shape index (κ3) is 5.42. The number of piperazine rings is 1. The van der Waals surface area contributed by atoms with Gasteiger partial charge in [0.2, 0.25) is 0 Å². The van der Waals surface area contributed by atoms with E-state index in [1.807, 2.05) is 48.6 Å². The third-order valence-electron chi connectivity index (χ3n) is 7.62. The molecule has 9 heteroatoms. The van der Waals surface area contributed by atoms with E-state index in [9.17, 15) is 0 Å². The molecular weight excluding hydrogens is 502 g/mol. The van der Waals surface area contributed by atoms with Crippen LogP contribution in [0.4, 0.5) is 11.6 Å². The second-order valence-corrected chi connectivity index (χ2v) is 10.3. The maximum Gasteiger partial charge on any atom is 0.161 e. The van der Waals surface area contributed by atoms with E-state index < -0.39 is 0 Å². The van der Waals surface area contributed by atoms with Crippen molar-refractivity contribution in [2.24, 2.45) is 0 Å². The van der Waals surface area contributed by atoms with Crippen molar-refractivity contribution in [2.75, 3.05) is 70.3 Å². The average Bonchev–Trinajstić information content (AvgIpc) is 3.55. The molecule has 0 bridgehead atoms. The van der Waals surface area contributed by atoms with Crippen molar-refractivity contribution in [3.8, 4) is 22.8 Å². The minimum Gasteiger partial charge on any atom is -0.493 e. The topological polar surface area (TPSA) is 79.7 Å². The van der Waals surface area contributed by atoms with Crippen molar-refractivity contribution in [1.82, 2.24) is 24.8 Å². The van der Waals surface area contributed by atoms with E-state index in [0.717, 1.165) is 73.1 Å². The predicted molar refractivity (Wildman–Crippen MR) is 160 cm³/mol. The van der Waals surface area contributed by atoms with Gasteiger partial charge in [0.1, 0.15) is 11.6 Å². The molecular formula is C31H35N7O2. The lowest BCUT2D eigenvalue weighted by Crippen LogP contribution is -2.45. The van der Waals surface area contributed by atoms with Gasteiger partial charge in [-0.1, -0.05) is 12.1 Å². The fraction of sp³-hybridized carbons (Fsp3) is 0.355. The number of hydrogen-bond donors (Lipinski definition) is 0. The van der Waals surface area contributed by atoms with E-state index in [-0.39, 0.29) is 0 Å². The molecule has 9 nitrogen and oxygen atoms in total. The normalized spacial score (nSPS) is 16.3. The molecule has 2 aliphatic heterocycles. The summed E-state index contributed by atoms with van der Waals surface area (Å²) in [5.74, 6) is 4.53. The van der Waals surface area contributed by atoms with Crippen molar-refractivity contribution in [2.45, 2.75) is 12.8 Å². The summed E-state index contributed by atoms with van der Waals surface area (Å²) in [6, 6.07) is 16.1. The summed E-state index contributed by atoms with van der Waals surface area (Å²) >= 11 is 0. The van der Waals surface area contributed by atoms with Crippen LogP contribution >= 0.6 is 0 Å². The van der Waals surface area contributed by atoms with Crippen LogP contribution in [0.2, 0.25) is 0 Å². The zero-order chi connectivity index (χ0) is 27.5. The molecule has 6 rings (SSSR count). The standard InChI is InChI=1S/C31H35N7O2/c1-36-16-18-38(19-17-36)31-23-8-4-5-9-24(23)32-29(35-31)13-12-28-33-25(21-30(34-28)37-14-6-7-15-37)22-10-11-26(39-2)27(20-22)40-3/h4-5,8-13,20-21H,6-7,14-19H2,1-3H3/b13-12+. The minimum absolute atomic E-state index is 0.618. The fourth-order valence-electron chi connectivity index (χ4n) is 5.34. The second-order valence-electron chi connectivity index (χ2n) is 10.3. The molecule has 206 valence electrons. The predicted octanol–water partition coefficient (Wildman–Crippen LogP) is 4.63. The average molecular weight is 538 g/mol. The van der Waals surface area contributed by atoms with E-state index in [4.69, 9.17) is 29.4 Å². The molecule has 2 saturated heterocycles. The van der Waals surface area contributed by atoms with Gasteiger partial charge in [-0.25, -0.2) is 19.9 Å². The Balaban J connectivity index is 1.38. The molecule has 0 N–H and O–H groups in total. The van der Waals surface area contributed by atoms with Gasteiger partial charge in [-0.05, 0) is 62.4 Å². The van der Waals surface area contributed by atoms with Crippen LogP contribution in [0.5, 0.6) is 11.5 Å². The summed E-state index contributed by atoms with van der Waals surface area (Å²) in [4.78, 5) is 26.7. The van der Waals surface area contributed by atoms with Gasteiger partial charge in [-0.3, -0.25) is 0 Å². The van der Waals surface area contributed by atoms with E-state index in [1.54, 1.807) is 14.2 Å². The van der Waals surface area contributed by atoms with Gasteiger partial charge in [-0.15, -0.1) is 0 Å². The van der Waals surface area contributed by atoms with Crippen LogP contribution in [0.15, 0.2) is 48.5 Å². The van der Waals surface area contributed by atoms with Gasteiger partial charge in [-0.2, -0.15) is 0 Å². The van der Waals surface area contributed by atoms with Crippen LogP contribution in [0.3, 0.4) is 0 Å². The van der Waals surface area contributed by atoms with E-state index in [0.29, 0.717) is 23.1 Å². The molecule has 0 radical (unpaired) electrons.